The van der Waals surface area contributed by atoms with Crippen molar-refractivity contribution in [3.8, 4) is 0 Å². The number of hydrogen-bond donors (Lipinski definition) is 1. The topological polar surface area (TPSA) is 135 Å². The molecule has 0 bridgehead atoms. The van der Waals surface area contributed by atoms with Gasteiger partial charge in [-0.05, 0) is 38.1 Å². The molecule has 2 rings (SSSR count). The van der Waals surface area contributed by atoms with Gasteiger partial charge in [-0.1, -0.05) is 35.4 Å². The van der Waals surface area contributed by atoms with Gasteiger partial charge in [0.2, 0.25) is 0 Å². The highest BCUT2D eigenvalue weighted by Gasteiger charge is 2.14. The van der Waals surface area contributed by atoms with Crippen LogP contribution in [0.3, 0.4) is 0 Å². The molecule has 13 heteroatoms. The van der Waals surface area contributed by atoms with E-state index in [0.717, 1.165) is 11.1 Å². The van der Waals surface area contributed by atoms with E-state index in [0.29, 0.717) is 33.0 Å². The Balaban J connectivity index is 0.000000580. The van der Waals surface area contributed by atoms with Crippen molar-refractivity contribution in [2.75, 3.05) is 67.1 Å². The molecule has 0 spiro atoms. The average molecular weight is 585 g/mol. The molecular weight excluding hydrogens is 548 g/mol. The van der Waals surface area contributed by atoms with Crippen molar-refractivity contribution in [3.63, 3.8) is 0 Å². The van der Waals surface area contributed by atoms with Crippen LogP contribution in [0.25, 0.3) is 0 Å². The molecule has 10 nitrogen and oxygen atoms in total. The Hall–Kier alpha value is -1.61. The van der Waals surface area contributed by atoms with Crippen LogP contribution in [0.4, 0.5) is 0 Å². The van der Waals surface area contributed by atoms with Crippen LogP contribution in [0, 0.1) is 13.8 Å². The Labute approximate surface area is 225 Å². The second-order valence-electron chi connectivity index (χ2n) is 7.27. The SMILES string of the molecule is COCCOCCO.COCCOCCOS(=O)(=O)c1ccc(C)cc1.Cc1ccc(S(=O)(=O)Cl)cc1. The van der Waals surface area contributed by atoms with Crippen LogP contribution in [0.1, 0.15) is 11.1 Å². The van der Waals surface area contributed by atoms with Gasteiger partial charge >= 0.3 is 0 Å². The molecule has 212 valence electrons. The van der Waals surface area contributed by atoms with Gasteiger partial charge < -0.3 is 24.1 Å². The Morgan fingerprint density at radius 3 is 1.46 bits per heavy atom. The molecule has 0 fully saturated rings. The van der Waals surface area contributed by atoms with E-state index in [9.17, 15) is 16.8 Å². The summed E-state index contributed by atoms with van der Waals surface area (Å²) in [5.74, 6) is 0. The Kier molecular flexibility index (Phi) is 19.5. The molecule has 0 unspecified atom stereocenters. The van der Waals surface area contributed by atoms with E-state index in [4.69, 9.17) is 34.2 Å². The van der Waals surface area contributed by atoms with E-state index < -0.39 is 19.2 Å². The lowest BCUT2D eigenvalue weighted by Crippen LogP contribution is -2.13. The van der Waals surface area contributed by atoms with Crippen molar-refractivity contribution in [2.45, 2.75) is 23.6 Å². The predicted molar refractivity (Wildman–Crippen MR) is 141 cm³/mol. The molecule has 1 N–H and O–H groups in total. The third-order valence-electron chi connectivity index (χ3n) is 4.18. The van der Waals surface area contributed by atoms with Gasteiger partial charge in [0, 0.05) is 24.9 Å². The molecule has 0 amide bonds. The molecule has 37 heavy (non-hydrogen) atoms. The van der Waals surface area contributed by atoms with Crippen molar-refractivity contribution < 1.29 is 45.1 Å². The van der Waals surface area contributed by atoms with Gasteiger partial charge in [-0.3, -0.25) is 4.18 Å². The zero-order valence-corrected chi connectivity index (χ0v) is 24.0. The first-order valence-corrected chi connectivity index (χ1v) is 14.9. The molecule has 0 atom stereocenters. The Morgan fingerprint density at radius 2 is 1.05 bits per heavy atom. The summed E-state index contributed by atoms with van der Waals surface area (Å²) >= 11 is 0. The molecule has 0 radical (unpaired) electrons. The molecule has 0 saturated carbocycles. The van der Waals surface area contributed by atoms with Crippen molar-refractivity contribution in [1.29, 1.82) is 0 Å². The average Bonchev–Trinajstić information content (AvgIpc) is 2.85. The summed E-state index contributed by atoms with van der Waals surface area (Å²) in [5, 5.41) is 8.20. The van der Waals surface area contributed by atoms with E-state index in [1.54, 1.807) is 38.5 Å². The number of benzene rings is 2. The van der Waals surface area contributed by atoms with E-state index in [1.807, 2.05) is 13.8 Å². The molecule has 0 aliphatic rings. The number of methoxy groups -OCH3 is 2. The fourth-order valence-electron chi connectivity index (χ4n) is 2.23. The molecule has 0 heterocycles. The van der Waals surface area contributed by atoms with E-state index in [2.05, 4.69) is 4.74 Å². The van der Waals surface area contributed by atoms with Gasteiger partial charge in [0.1, 0.15) is 0 Å². The van der Waals surface area contributed by atoms with Crippen LogP contribution >= 0.6 is 10.7 Å². The summed E-state index contributed by atoms with van der Waals surface area (Å²) < 4.78 is 69.1. The van der Waals surface area contributed by atoms with Crippen LogP contribution in [0.2, 0.25) is 0 Å². The van der Waals surface area contributed by atoms with E-state index >= 15 is 0 Å². The highest BCUT2D eigenvalue weighted by molar-refractivity contribution is 8.13. The Morgan fingerprint density at radius 1 is 0.649 bits per heavy atom. The third-order valence-corrected chi connectivity index (χ3v) is 6.87. The van der Waals surface area contributed by atoms with Crippen LogP contribution < -0.4 is 0 Å². The van der Waals surface area contributed by atoms with Crippen LogP contribution in [-0.4, -0.2) is 89.0 Å². The van der Waals surface area contributed by atoms with E-state index in [-0.39, 0.29) is 29.6 Å². The van der Waals surface area contributed by atoms with Crippen molar-refractivity contribution in [3.05, 3.63) is 59.7 Å². The van der Waals surface area contributed by atoms with Gasteiger partial charge in [0.05, 0.1) is 62.6 Å². The molecule has 0 aromatic heterocycles. The van der Waals surface area contributed by atoms with Gasteiger partial charge in [-0.25, -0.2) is 8.42 Å². The second-order valence-corrected chi connectivity index (χ2v) is 11.5. The number of rotatable bonds is 14. The first-order chi connectivity index (χ1) is 17.5. The monoisotopic (exact) mass is 584 g/mol. The molecule has 2 aromatic carbocycles. The summed E-state index contributed by atoms with van der Waals surface area (Å²) in [5.41, 5.74) is 2.01. The Bertz CT molecular complexity index is 1040. The molecule has 0 saturated heterocycles. The second kappa shape index (κ2) is 20.4. The molecular formula is C24H37ClO10S2. The lowest BCUT2D eigenvalue weighted by Gasteiger charge is -2.06. The lowest BCUT2D eigenvalue weighted by atomic mass is 10.2. The summed E-state index contributed by atoms with van der Waals surface area (Å²) in [6, 6.07) is 12.9. The first kappa shape index (κ1) is 35.4. The highest BCUT2D eigenvalue weighted by atomic mass is 35.7. The number of aliphatic hydroxyl groups excluding tert-OH is 1. The summed E-state index contributed by atoms with van der Waals surface area (Å²) in [7, 11) is 1.04. The minimum absolute atomic E-state index is 0.0000753. The highest BCUT2D eigenvalue weighted by Crippen LogP contribution is 2.14. The zero-order chi connectivity index (χ0) is 28.2. The van der Waals surface area contributed by atoms with Crippen LogP contribution in [0.5, 0.6) is 0 Å². The van der Waals surface area contributed by atoms with Crippen molar-refractivity contribution in [2.24, 2.45) is 0 Å². The maximum atomic E-state index is 11.7. The predicted octanol–water partition coefficient (Wildman–Crippen LogP) is 2.93. The van der Waals surface area contributed by atoms with Crippen LogP contribution in [-0.2, 0) is 42.3 Å². The minimum Gasteiger partial charge on any atom is -0.394 e. The fourth-order valence-corrected chi connectivity index (χ4v) is 3.89. The maximum absolute atomic E-state index is 11.7. The molecule has 0 aliphatic heterocycles. The lowest BCUT2D eigenvalue weighted by molar-refractivity contribution is 0.0500. The van der Waals surface area contributed by atoms with Gasteiger partial charge in [0.15, 0.2) is 0 Å². The third kappa shape index (κ3) is 18.3. The van der Waals surface area contributed by atoms with Crippen LogP contribution in [0.15, 0.2) is 58.3 Å². The summed E-state index contributed by atoms with van der Waals surface area (Å²) in [6.07, 6.45) is 0. The van der Waals surface area contributed by atoms with Gasteiger partial charge in [0.25, 0.3) is 19.2 Å². The smallest absolute Gasteiger partial charge is 0.297 e. The fraction of sp³-hybridized carbons (Fsp3) is 0.500. The summed E-state index contributed by atoms with van der Waals surface area (Å²) in [6.45, 7) is 6.54. The van der Waals surface area contributed by atoms with Crippen molar-refractivity contribution >= 4 is 29.9 Å². The maximum Gasteiger partial charge on any atom is 0.297 e. The number of aryl methyl sites for hydroxylation is 2. The number of ether oxygens (including phenoxy) is 4. The number of aliphatic hydroxyl groups is 1. The van der Waals surface area contributed by atoms with E-state index in [1.165, 1.54) is 24.3 Å². The summed E-state index contributed by atoms with van der Waals surface area (Å²) in [4.78, 5) is 0.301. The number of halogens is 1. The normalized spacial score (nSPS) is 11.2. The minimum atomic E-state index is -3.68. The first-order valence-electron chi connectivity index (χ1n) is 11.2. The zero-order valence-electron chi connectivity index (χ0n) is 21.6. The van der Waals surface area contributed by atoms with Gasteiger partial charge in [-0.2, -0.15) is 8.42 Å². The quantitative estimate of drug-likeness (QED) is 0.200. The largest absolute Gasteiger partial charge is 0.394 e. The molecule has 0 aliphatic carbocycles. The standard InChI is InChI=1S/C12H18O5S.C7H7ClO2S.C5H12O3/c1-11-3-5-12(6-4-11)18(13,14)17-10-9-16-8-7-15-2;1-6-2-4-7(5-3-6)11(8,9)10;1-7-4-5-8-3-2-6/h3-6H,7-10H2,1-2H3;2-5H,1H3;6H,2-5H2,1H3. The van der Waals surface area contributed by atoms with Gasteiger partial charge in [-0.15, -0.1) is 0 Å². The molecule has 2 aromatic rings. The van der Waals surface area contributed by atoms with Crippen molar-refractivity contribution in [1.82, 2.24) is 0 Å². The number of hydrogen-bond acceptors (Lipinski definition) is 10.